The number of aromatic nitrogens is 1. The van der Waals surface area contributed by atoms with Crippen LogP contribution in [0.25, 0.3) is 0 Å². The number of anilines is 2. The van der Waals surface area contributed by atoms with E-state index in [1.165, 1.54) is 4.90 Å². The van der Waals surface area contributed by atoms with Gasteiger partial charge in [-0.1, -0.05) is 0 Å². The van der Waals surface area contributed by atoms with E-state index >= 15 is 0 Å². The van der Waals surface area contributed by atoms with Crippen LogP contribution < -0.4 is 10.2 Å². The molecule has 16 heavy (non-hydrogen) atoms. The van der Waals surface area contributed by atoms with Crippen LogP contribution in [0.1, 0.15) is 5.56 Å². The van der Waals surface area contributed by atoms with E-state index in [2.05, 4.69) is 9.69 Å². The Labute approximate surface area is 98.2 Å². The Balaban J connectivity index is 2.99. The molecule has 1 aromatic heterocycles. The zero-order valence-corrected chi connectivity index (χ0v) is 10.4. The second-order valence-electron chi connectivity index (χ2n) is 3.54. The molecule has 0 aliphatic heterocycles. The lowest BCUT2D eigenvalue weighted by Crippen LogP contribution is -2.27. The fourth-order valence-corrected chi connectivity index (χ4v) is 1.78. The highest BCUT2D eigenvalue weighted by Gasteiger charge is 2.17. The van der Waals surface area contributed by atoms with E-state index in [1.54, 1.807) is 33.1 Å². The standard InChI is InChI=1S/C9H13N5OS/c1-13(2)7-6(5-10)8(16-12-7)11-9(15)14(3)4/h1-4H3,(H,11,15). The van der Waals surface area contributed by atoms with Crippen molar-refractivity contribution in [2.45, 2.75) is 0 Å². The van der Waals surface area contributed by atoms with Gasteiger partial charge in [0.1, 0.15) is 16.6 Å². The molecule has 86 valence electrons. The molecule has 1 heterocycles. The Morgan fingerprint density at radius 3 is 2.50 bits per heavy atom. The quantitative estimate of drug-likeness (QED) is 0.841. The van der Waals surface area contributed by atoms with Gasteiger partial charge in [0, 0.05) is 28.2 Å². The van der Waals surface area contributed by atoms with Crippen LogP contribution in [0.3, 0.4) is 0 Å². The Morgan fingerprint density at radius 2 is 2.06 bits per heavy atom. The summed E-state index contributed by atoms with van der Waals surface area (Å²) < 4.78 is 4.11. The maximum atomic E-state index is 11.4. The summed E-state index contributed by atoms with van der Waals surface area (Å²) in [5.74, 6) is 0.571. The summed E-state index contributed by atoms with van der Waals surface area (Å²) in [5.41, 5.74) is 0.394. The highest BCUT2D eigenvalue weighted by Crippen LogP contribution is 2.29. The van der Waals surface area contributed by atoms with Crippen molar-refractivity contribution in [2.24, 2.45) is 0 Å². The zero-order valence-electron chi connectivity index (χ0n) is 9.61. The van der Waals surface area contributed by atoms with Gasteiger partial charge >= 0.3 is 6.03 Å². The number of rotatable bonds is 2. The monoisotopic (exact) mass is 239 g/mol. The number of carbonyl (C=O) groups is 1. The van der Waals surface area contributed by atoms with Crippen molar-refractivity contribution in [3.63, 3.8) is 0 Å². The molecule has 0 atom stereocenters. The molecule has 0 spiro atoms. The first-order valence-electron chi connectivity index (χ1n) is 4.52. The largest absolute Gasteiger partial charge is 0.361 e. The minimum absolute atomic E-state index is 0.273. The van der Waals surface area contributed by atoms with E-state index < -0.39 is 0 Å². The van der Waals surface area contributed by atoms with E-state index in [9.17, 15) is 4.79 Å². The predicted molar refractivity (Wildman–Crippen MR) is 63.9 cm³/mol. The van der Waals surface area contributed by atoms with Gasteiger partial charge in [0.15, 0.2) is 5.82 Å². The molecule has 0 aliphatic rings. The highest BCUT2D eigenvalue weighted by molar-refractivity contribution is 7.11. The molecule has 7 heteroatoms. The van der Waals surface area contributed by atoms with Crippen LogP contribution in [-0.2, 0) is 0 Å². The van der Waals surface area contributed by atoms with Gasteiger partial charge in [-0.3, -0.25) is 5.32 Å². The summed E-state index contributed by atoms with van der Waals surface area (Å²) in [6.07, 6.45) is 0. The smallest absolute Gasteiger partial charge is 0.322 e. The molecule has 0 fully saturated rings. The number of hydrogen-bond donors (Lipinski definition) is 1. The van der Waals surface area contributed by atoms with Gasteiger partial charge in [0.05, 0.1) is 0 Å². The summed E-state index contributed by atoms with van der Waals surface area (Å²) in [7, 11) is 6.87. The van der Waals surface area contributed by atoms with Crippen molar-refractivity contribution in [1.29, 1.82) is 5.26 Å². The minimum Gasteiger partial charge on any atom is -0.361 e. The third kappa shape index (κ3) is 2.41. The number of nitrogens with zero attached hydrogens (tertiary/aromatic N) is 4. The molecule has 0 bridgehead atoms. The molecular weight excluding hydrogens is 226 g/mol. The van der Waals surface area contributed by atoms with Crippen LogP contribution in [0.5, 0.6) is 0 Å². The van der Waals surface area contributed by atoms with Gasteiger partial charge in [-0.2, -0.15) is 9.64 Å². The normalized spacial score (nSPS) is 9.44. The molecule has 0 aromatic carbocycles. The van der Waals surface area contributed by atoms with Crippen LogP contribution in [0.4, 0.5) is 15.6 Å². The molecule has 6 nitrogen and oxygen atoms in total. The van der Waals surface area contributed by atoms with E-state index in [4.69, 9.17) is 5.26 Å². The van der Waals surface area contributed by atoms with E-state index in [0.717, 1.165) is 11.5 Å². The lowest BCUT2D eigenvalue weighted by atomic mass is 10.3. The summed E-state index contributed by atoms with van der Waals surface area (Å²) >= 11 is 1.10. The van der Waals surface area contributed by atoms with Gasteiger partial charge in [-0.15, -0.1) is 0 Å². The Morgan fingerprint density at radius 1 is 1.44 bits per heavy atom. The molecule has 0 radical (unpaired) electrons. The summed E-state index contributed by atoms with van der Waals surface area (Å²) in [6.45, 7) is 0. The average Bonchev–Trinajstić information content (AvgIpc) is 2.60. The third-order valence-electron chi connectivity index (χ3n) is 1.84. The Hall–Kier alpha value is -1.81. The van der Waals surface area contributed by atoms with Gasteiger partial charge in [0.2, 0.25) is 0 Å². The van der Waals surface area contributed by atoms with Gasteiger partial charge < -0.3 is 9.80 Å². The number of nitrogens with one attached hydrogen (secondary N) is 1. The first-order chi connectivity index (χ1) is 7.47. The van der Waals surface area contributed by atoms with Crippen molar-refractivity contribution in [3.8, 4) is 6.07 Å². The number of nitriles is 1. The van der Waals surface area contributed by atoms with Crippen molar-refractivity contribution >= 4 is 28.4 Å². The van der Waals surface area contributed by atoms with E-state index in [0.29, 0.717) is 16.4 Å². The van der Waals surface area contributed by atoms with Crippen LogP contribution in [0.15, 0.2) is 0 Å². The second-order valence-corrected chi connectivity index (χ2v) is 4.31. The molecule has 0 saturated heterocycles. The first kappa shape index (κ1) is 12.3. The summed E-state index contributed by atoms with van der Waals surface area (Å²) in [4.78, 5) is 14.6. The van der Waals surface area contributed by atoms with Gasteiger partial charge in [-0.25, -0.2) is 4.79 Å². The number of urea groups is 1. The lowest BCUT2D eigenvalue weighted by molar-refractivity contribution is 0.231. The fourth-order valence-electron chi connectivity index (χ4n) is 0.982. The first-order valence-corrected chi connectivity index (χ1v) is 5.30. The van der Waals surface area contributed by atoms with Crippen LogP contribution in [0.2, 0.25) is 0 Å². The molecule has 1 aromatic rings. The number of carbonyl (C=O) groups excluding carboxylic acids is 1. The molecule has 2 amide bonds. The summed E-state index contributed by atoms with van der Waals surface area (Å²) in [5, 5.41) is 12.1. The topological polar surface area (TPSA) is 72.3 Å². The number of amides is 2. The van der Waals surface area contributed by atoms with Crippen molar-refractivity contribution in [1.82, 2.24) is 9.27 Å². The predicted octanol–water partition coefficient (Wildman–Crippen LogP) is 1.17. The zero-order chi connectivity index (χ0) is 12.3. The van der Waals surface area contributed by atoms with Crippen LogP contribution in [-0.4, -0.2) is 43.5 Å². The van der Waals surface area contributed by atoms with E-state index in [-0.39, 0.29) is 6.03 Å². The Kier molecular flexibility index (Phi) is 3.68. The van der Waals surface area contributed by atoms with Gasteiger partial charge in [-0.05, 0) is 11.5 Å². The van der Waals surface area contributed by atoms with Crippen LogP contribution >= 0.6 is 11.5 Å². The second kappa shape index (κ2) is 4.81. The molecular formula is C9H13N5OS. The molecule has 0 aliphatic carbocycles. The Bertz CT molecular complexity index is 432. The van der Waals surface area contributed by atoms with E-state index in [1.807, 2.05) is 6.07 Å². The summed E-state index contributed by atoms with van der Waals surface area (Å²) in [6, 6.07) is 1.77. The van der Waals surface area contributed by atoms with Crippen LogP contribution in [0, 0.1) is 11.3 Å². The molecule has 0 unspecified atom stereocenters. The molecule has 1 N–H and O–H groups in total. The van der Waals surface area contributed by atoms with Crippen molar-refractivity contribution in [2.75, 3.05) is 38.4 Å². The molecule has 1 rings (SSSR count). The maximum Gasteiger partial charge on any atom is 0.322 e. The third-order valence-corrected chi connectivity index (χ3v) is 2.59. The van der Waals surface area contributed by atoms with Crippen molar-refractivity contribution in [3.05, 3.63) is 5.56 Å². The number of hydrogen-bond acceptors (Lipinski definition) is 5. The minimum atomic E-state index is -0.273. The molecule has 0 saturated carbocycles. The average molecular weight is 239 g/mol. The fraction of sp³-hybridized carbons (Fsp3) is 0.444. The maximum absolute atomic E-state index is 11.4. The van der Waals surface area contributed by atoms with Gasteiger partial charge in [0.25, 0.3) is 0 Å². The highest BCUT2D eigenvalue weighted by atomic mass is 32.1. The lowest BCUT2D eigenvalue weighted by Gasteiger charge is -2.11. The SMILES string of the molecule is CN(C)C(=O)Nc1snc(N(C)C)c1C#N. The van der Waals surface area contributed by atoms with Crippen molar-refractivity contribution < 1.29 is 4.79 Å².